The van der Waals surface area contributed by atoms with Crippen molar-refractivity contribution < 1.29 is 0 Å². The van der Waals surface area contributed by atoms with Gasteiger partial charge in [0.15, 0.2) is 23.3 Å². The number of amidine groups is 1. The highest BCUT2D eigenvalue weighted by atomic mass is 15.0. The lowest BCUT2D eigenvalue weighted by atomic mass is 9.77. The molecule has 0 aliphatic heterocycles. The Morgan fingerprint density at radius 2 is 0.938 bits per heavy atom. The maximum Gasteiger partial charge on any atom is 0.164 e. The number of aromatic nitrogens is 3. The van der Waals surface area contributed by atoms with E-state index in [1.54, 1.807) is 0 Å². The third-order valence-electron chi connectivity index (χ3n) is 12.1. The fourth-order valence-corrected chi connectivity index (χ4v) is 8.14. The van der Waals surface area contributed by atoms with E-state index in [9.17, 15) is 0 Å². The second-order valence-electron chi connectivity index (χ2n) is 16.8. The largest absolute Gasteiger partial charge is 0.258 e. The highest BCUT2D eigenvalue weighted by Gasteiger charge is 2.24. The average Bonchev–Trinajstić information content (AvgIpc) is 3.37. The molecule has 0 saturated heterocycles. The second kappa shape index (κ2) is 18.8. The molecule has 9 rings (SSSR count). The standard InChI is InChI=1S/C59H51N5/c1-41(43-17-9-5-10-18-43)60-55(61-42(2)44-25-27-47(28-26-44)45-19-11-6-12-20-45)51-33-37-53(38-34-51)59(3,4)54-39-35-52(36-40-54)58-63-56(49-23-15-8-16-24-49)62-57(64-58)50-31-29-48(30-32-50)46-21-13-7-14-22-46/h5-7,9-15,17-40,42H,8,16H2,1-4H3/b60-41+,61-55-. The molecular weight excluding hydrogens is 779 g/mol. The summed E-state index contributed by atoms with van der Waals surface area (Å²) in [7, 11) is 0. The van der Waals surface area contributed by atoms with Gasteiger partial charge in [0.2, 0.25) is 0 Å². The number of benzene rings is 7. The molecule has 0 spiro atoms. The Morgan fingerprint density at radius 3 is 1.47 bits per heavy atom. The maximum atomic E-state index is 5.26. The van der Waals surface area contributed by atoms with Gasteiger partial charge >= 0.3 is 0 Å². The van der Waals surface area contributed by atoms with Gasteiger partial charge in [-0.25, -0.2) is 19.9 Å². The Balaban J connectivity index is 0.993. The number of hydrogen-bond acceptors (Lipinski definition) is 4. The Bertz CT molecular complexity index is 2970. The van der Waals surface area contributed by atoms with Crippen LogP contribution in [-0.2, 0) is 5.41 Å². The average molecular weight is 830 g/mol. The fourth-order valence-electron chi connectivity index (χ4n) is 8.14. The summed E-state index contributed by atoms with van der Waals surface area (Å²) in [6.07, 6.45) is 8.52. The summed E-state index contributed by atoms with van der Waals surface area (Å²) in [4.78, 5) is 25.5. The minimum atomic E-state index is -0.293. The van der Waals surface area contributed by atoms with E-state index in [1.807, 2.05) is 30.3 Å². The van der Waals surface area contributed by atoms with E-state index >= 15 is 0 Å². The number of aliphatic imine (C=N–C) groups is 2. The van der Waals surface area contributed by atoms with Crippen molar-refractivity contribution >= 4 is 17.1 Å². The third kappa shape index (κ3) is 9.40. The van der Waals surface area contributed by atoms with Crippen molar-refractivity contribution in [2.45, 2.75) is 52.0 Å². The fraction of sp³-hybridized carbons (Fsp3) is 0.136. The molecule has 1 atom stereocenters. The summed E-state index contributed by atoms with van der Waals surface area (Å²) in [5, 5.41) is 0. The predicted octanol–water partition coefficient (Wildman–Crippen LogP) is 14.6. The van der Waals surface area contributed by atoms with Crippen LogP contribution in [0.5, 0.6) is 0 Å². The number of nitrogens with zero attached hydrogens (tertiary/aromatic N) is 5. The lowest BCUT2D eigenvalue weighted by Crippen LogP contribution is -2.19. The van der Waals surface area contributed by atoms with Crippen LogP contribution in [0.2, 0.25) is 0 Å². The van der Waals surface area contributed by atoms with E-state index in [2.05, 4.69) is 204 Å². The maximum absolute atomic E-state index is 5.26. The molecule has 5 heteroatoms. The highest BCUT2D eigenvalue weighted by Crippen LogP contribution is 2.34. The Hall–Kier alpha value is -7.63. The van der Waals surface area contributed by atoms with Gasteiger partial charge in [-0.1, -0.05) is 220 Å². The van der Waals surface area contributed by atoms with Gasteiger partial charge < -0.3 is 0 Å². The quantitative estimate of drug-likeness (QED) is 0.0963. The van der Waals surface area contributed by atoms with E-state index < -0.39 is 0 Å². The van der Waals surface area contributed by atoms with E-state index in [-0.39, 0.29) is 11.5 Å². The minimum Gasteiger partial charge on any atom is -0.258 e. The summed E-state index contributed by atoms with van der Waals surface area (Å²) < 4.78 is 0. The molecule has 8 aromatic rings. The van der Waals surface area contributed by atoms with E-state index in [4.69, 9.17) is 24.9 Å². The first-order valence-corrected chi connectivity index (χ1v) is 22.1. The molecule has 7 aromatic carbocycles. The summed E-state index contributed by atoms with van der Waals surface area (Å²) in [5.74, 6) is 2.71. The van der Waals surface area contributed by atoms with Crippen LogP contribution in [-0.4, -0.2) is 26.5 Å². The molecular formula is C59H51N5. The molecule has 1 heterocycles. The van der Waals surface area contributed by atoms with Crippen molar-refractivity contribution in [3.05, 3.63) is 240 Å². The summed E-state index contributed by atoms with van der Waals surface area (Å²) in [5.41, 5.74) is 13.8. The van der Waals surface area contributed by atoms with E-state index in [0.717, 1.165) is 57.5 Å². The molecule has 5 nitrogen and oxygen atoms in total. The minimum absolute atomic E-state index is 0.102. The first-order valence-electron chi connectivity index (χ1n) is 22.1. The van der Waals surface area contributed by atoms with Gasteiger partial charge in [0.1, 0.15) is 0 Å². The molecule has 312 valence electrons. The Morgan fingerprint density at radius 1 is 0.484 bits per heavy atom. The van der Waals surface area contributed by atoms with Crippen molar-refractivity contribution in [1.82, 2.24) is 15.0 Å². The molecule has 64 heavy (non-hydrogen) atoms. The van der Waals surface area contributed by atoms with Crippen LogP contribution in [0.3, 0.4) is 0 Å². The number of rotatable bonds is 11. The third-order valence-corrected chi connectivity index (χ3v) is 12.1. The number of hydrogen-bond donors (Lipinski definition) is 0. The smallest absolute Gasteiger partial charge is 0.164 e. The van der Waals surface area contributed by atoms with Crippen LogP contribution in [0.15, 0.2) is 216 Å². The SMILES string of the molecule is C/C(=N\C(=N/C(C)c1ccc(-c2ccccc2)cc1)c1ccc(C(C)(C)c2ccc(-c3nc(C4=CCCC=C4)nc(-c4ccc(-c5ccccc5)cc4)n3)cc2)cc1)c1ccccc1. The van der Waals surface area contributed by atoms with Gasteiger partial charge in [0.05, 0.1) is 6.04 Å². The van der Waals surface area contributed by atoms with Gasteiger partial charge in [-0.3, -0.25) is 4.99 Å². The van der Waals surface area contributed by atoms with E-state index in [1.165, 1.54) is 27.8 Å². The van der Waals surface area contributed by atoms with Crippen LogP contribution < -0.4 is 0 Å². The molecule has 1 aliphatic carbocycles. The molecule has 1 aliphatic rings. The monoisotopic (exact) mass is 829 g/mol. The van der Waals surface area contributed by atoms with Gasteiger partial charge in [0, 0.05) is 33.4 Å². The predicted molar refractivity (Wildman–Crippen MR) is 267 cm³/mol. The lowest BCUT2D eigenvalue weighted by Gasteiger charge is -2.26. The van der Waals surface area contributed by atoms with Crippen molar-refractivity contribution in [2.75, 3.05) is 0 Å². The normalized spacial score (nSPS) is 13.7. The van der Waals surface area contributed by atoms with Crippen molar-refractivity contribution in [2.24, 2.45) is 9.98 Å². The Labute approximate surface area is 377 Å². The summed E-state index contributed by atoms with van der Waals surface area (Å²) >= 11 is 0. The molecule has 1 unspecified atom stereocenters. The first kappa shape index (κ1) is 41.7. The van der Waals surface area contributed by atoms with Crippen LogP contribution >= 0.6 is 0 Å². The zero-order valence-electron chi connectivity index (χ0n) is 36.9. The molecule has 0 N–H and O–H groups in total. The zero-order chi connectivity index (χ0) is 43.9. The molecule has 0 amide bonds. The summed E-state index contributed by atoms with van der Waals surface area (Å²) in [6, 6.07) is 65.7. The van der Waals surface area contributed by atoms with Crippen molar-refractivity contribution in [1.29, 1.82) is 0 Å². The molecule has 0 fully saturated rings. The molecule has 1 aromatic heterocycles. The topological polar surface area (TPSA) is 63.4 Å². The van der Waals surface area contributed by atoms with Crippen molar-refractivity contribution in [3.63, 3.8) is 0 Å². The zero-order valence-corrected chi connectivity index (χ0v) is 36.9. The van der Waals surface area contributed by atoms with Gasteiger partial charge in [0.25, 0.3) is 0 Å². The van der Waals surface area contributed by atoms with Gasteiger partial charge in [-0.15, -0.1) is 0 Å². The van der Waals surface area contributed by atoms with E-state index in [0.29, 0.717) is 23.3 Å². The molecule has 0 radical (unpaired) electrons. The van der Waals surface area contributed by atoms with Gasteiger partial charge in [-0.2, -0.15) is 0 Å². The van der Waals surface area contributed by atoms with Crippen LogP contribution in [0.4, 0.5) is 0 Å². The van der Waals surface area contributed by atoms with Crippen molar-refractivity contribution in [3.8, 4) is 45.0 Å². The number of allylic oxidation sites excluding steroid dienone is 4. The van der Waals surface area contributed by atoms with Crippen LogP contribution in [0.25, 0.3) is 50.6 Å². The molecule has 0 saturated carbocycles. The van der Waals surface area contributed by atoms with Gasteiger partial charge in [-0.05, 0) is 71.2 Å². The first-order chi connectivity index (χ1) is 31.3. The summed E-state index contributed by atoms with van der Waals surface area (Å²) in [6.45, 7) is 8.73. The lowest BCUT2D eigenvalue weighted by molar-refractivity contribution is 0.641. The highest BCUT2D eigenvalue weighted by molar-refractivity contribution is 6.11. The van der Waals surface area contributed by atoms with Crippen LogP contribution in [0.1, 0.15) is 80.2 Å². The van der Waals surface area contributed by atoms with Crippen LogP contribution in [0, 0.1) is 0 Å². The molecule has 0 bridgehead atoms. The Kier molecular flexibility index (Phi) is 12.2. The second-order valence-corrected chi connectivity index (χ2v) is 16.8.